The summed E-state index contributed by atoms with van der Waals surface area (Å²) in [5.74, 6) is 2.04. The highest BCUT2D eigenvalue weighted by atomic mass is 16.5. The summed E-state index contributed by atoms with van der Waals surface area (Å²) in [6.07, 6.45) is 7.52. The first kappa shape index (κ1) is 18.4. The topological polar surface area (TPSA) is 50.6 Å². The zero-order valence-corrected chi connectivity index (χ0v) is 15.7. The third kappa shape index (κ3) is 4.61. The summed E-state index contributed by atoms with van der Waals surface area (Å²) in [5.41, 5.74) is 0. The number of likely N-dealkylation sites (tertiary alicyclic amines) is 1. The fourth-order valence-corrected chi connectivity index (χ4v) is 4.15. The van der Waals surface area contributed by atoms with E-state index in [0.717, 1.165) is 71.0 Å². The largest absolute Gasteiger partial charge is 0.379 e. The molecule has 0 spiro atoms. The maximum atomic E-state index is 12.5. The first-order valence-electron chi connectivity index (χ1n) is 9.78. The van der Waals surface area contributed by atoms with Crippen molar-refractivity contribution in [1.29, 1.82) is 0 Å². The van der Waals surface area contributed by atoms with Crippen molar-refractivity contribution in [1.82, 2.24) is 19.4 Å². The number of ether oxygens (including phenoxy) is 1. The maximum absolute atomic E-state index is 12.5. The van der Waals surface area contributed by atoms with Crippen molar-refractivity contribution in [3.05, 3.63) is 18.2 Å². The van der Waals surface area contributed by atoms with Gasteiger partial charge in [0.15, 0.2) is 0 Å². The minimum Gasteiger partial charge on any atom is -0.379 e. The molecular weight excluding hydrogens is 316 g/mol. The quantitative estimate of drug-likeness (QED) is 0.787. The number of amides is 1. The van der Waals surface area contributed by atoms with Crippen LogP contribution in [0.5, 0.6) is 0 Å². The average molecular weight is 348 g/mol. The molecule has 2 saturated heterocycles. The Balaban J connectivity index is 1.42. The van der Waals surface area contributed by atoms with E-state index in [1.54, 1.807) is 0 Å². The van der Waals surface area contributed by atoms with Crippen LogP contribution < -0.4 is 0 Å². The lowest BCUT2D eigenvalue weighted by Gasteiger charge is -2.41. The molecule has 0 N–H and O–H groups in total. The van der Waals surface area contributed by atoms with Gasteiger partial charge in [0.2, 0.25) is 5.91 Å². The van der Waals surface area contributed by atoms with E-state index in [1.807, 2.05) is 12.4 Å². The van der Waals surface area contributed by atoms with Crippen molar-refractivity contribution < 1.29 is 9.53 Å². The Bertz CT molecular complexity index is 545. The Morgan fingerprint density at radius 3 is 2.68 bits per heavy atom. The van der Waals surface area contributed by atoms with E-state index in [0.29, 0.717) is 18.4 Å². The van der Waals surface area contributed by atoms with E-state index < -0.39 is 0 Å². The zero-order chi connectivity index (χ0) is 17.6. The summed E-state index contributed by atoms with van der Waals surface area (Å²) >= 11 is 0. The molecular formula is C19H32N4O2. The number of carbonyl (C=O) groups excluding carboxylic acids is 1. The van der Waals surface area contributed by atoms with Crippen molar-refractivity contribution in [3.63, 3.8) is 0 Å². The third-order valence-corrected chi connectivity index (χ3v) is 5.88. The Morgan fingerprint density at radius 1 is 1.28 bits per heavy atom. The van der Waals surface area contributed by atoms with Crippen LogP contribution in [-0.2, 0) is 22.5 Å². The van der Waals surface area contributed by atoms with E-state index in [1.165, 1.54) is 0 Å². The van der Waals surface area contributed by atoms with Gasteiger partial charge in [-0.2, -0.15) is 0 Å². The van der Waals surface area contributed by atoms with Crippen molar-refractivity contribution >= 4 is 5.91 Å². The standard InChI is InChI=1S/C19H32N4O2/c1-3-18-20-7-11-22(18)10-6-19(24)23-8-4-17(5-9-23)16(2)21-12-14-25-15-13-21/h7,11,16-17H,3-6,8-10,12-15H2,1-2H3. The van der Waals surface area contributed by atoms with Crippen LogP contribution in [-0.4, -0.2) is 70.7 Å². The Labute approximate surface area is 151 Å². The average Bonchev–Trinajstić information content (AvgIpc) is 3.14. The van der Waals surface area contributed by atoms with Crippen LogP contribution in [0.15, 0.2) is 12.4 Å². The number of piperidine rings is 1. The predicted octanol–water partition coefficient (Wildman–Crippen LogP) is 1.79. The monoisotopic (exact) mass is 348 g/mol. The van der Waals surface area contributed by atoms with Crippen LogP contribution in [0.3, 0.4) is 0 Å². The molecule has 6 nitrogen and oxygen atoms in total. The lowest BCUT2D eigenvalue weighted by molar-refractivity contribution is -0.133. The van der Waals surface area contributed by atoms with Gasteiger partial charge in [-0.1, -0.05) is 6.92 Å². The van der Waals surface area contributed by atoms with Gasteiger partial charge in [-0.15, -0.1) is 0 Å². The van der Waals surface area contributed by atoms with Crippen LogP contribution in [0.25, 0.3) is 0 Å². The van der Waals surface area contributed by atoms with Crippen molar-refractivity contribution in [3.8, 4) is 0 Å². The summed E-state index contributed by atoms with van der Waals surface area (Å²) in [7, 11) is 0. The number of aryl methyl sites for hydroxylation is 2. The molecule has 140 valence electrons. The van der Waals surface area contributed by atoms with Crippen LogP contribution in [0.4, 0.5) is 0 Å². The van der Waals surface area contributed by atoms with Gasteiger partial charge in [0.05, 0.1) is 13.2 Å². The predicted molar refractivity (Wildman–Crippen MR) is 97.4 cm³/mol. The number of carbonyl (C=O) groups is 1. The van der Waals surface area contributed by atoms with Crippen molar-refractivity contribution in [2.45, 2.75) is 52.1 Å². The van der Waals surface area contributed by atoms with Crippen LogP contribution in [0.1, 0.15) is 38.9 Å². The molecule has 0 radical (unpaired) electrons. The molecule has 1 atom stereocenters. The smallest absolute Gasteiger partial charge is 0.224 e. The van der Waals surface area contributed by atoms with Crippen LogP contribution in [0.2, 0.25) is 0 Å². The maximum Gasteiger partial charge on any atom is 0.224 e. The van der Waals surface area contributed by atoms with E-state index in [9.17, 15) is 4.79 Å². The summed E-state index contributed by atoms with van der Waals surface area (Å²) in [6.45, 7) is 10.8. The second-order valence-corrected chi connectivity index (χ2v) is 7.25. The number of morpholine rings is 1. The second-order valence-electron chi connectivity index (χ2n) is 7.25. The number of hydrogen-bond donors (Lipinski definition) is 0. The first-order chi connectivity index (χ1) is 12.2. The zero-order valence-electron chi connectivity index (χ0n) is 15.7. The summed E-state index contributed by atoms with van der Waals surface area (Å²) < 4.78 is 7.56. The minimum absolute atomic E-state index is 0.285. The summed E-state index contributed by atoms with van der Waals surface area (Å²) in [6, 6.07) is 0.596. The van der Waals surface area contributed by atoms with Gasteiger partial charge in [0, 0.05) is 64.0 Å². The highest BCUT2D eigenvalue weighted by molar-refractivity contribution is 5.76. The van der Waals surface area contributed by atoms with Gasteiger partial charge < -0.3 is 14.2 Å². The molecule has 6 heteroatoms. The lowest BCUT2D eigenvalue weighted by atomic mass is 9.89. The molecule has 25 heavy (non-hydrogen) atoms. The highest BCUT2D eigenvalue weighted by Crippen LogP contribution is 2.25. The number of rotatable bonds is 6. The molecule has 0 bridgehead atoms. The molecule has 0 aromatic carbocycles. The first-order valence-corrected chi connectivity index (χ1v) is 9.78. The van der Waals surface area contributed by atoms with Crippen LogP contribution >= 0.6 is 0 Å². The molecule has 3 heterocycles. The molecule has 0 aliphatic carbocycles. The van der Waals surface area contributed by atoms with E-state index >= 15 is 0 Å². The number of imidazole rings is 1. The minimum atomic E-state index is 0.285. The highest BCUT2D eigenvalue weighted by Gasteiger charge is 2.29. The molecule has 1 amide bonds. The summed E-state index contributed by atoms with van der Waals surface area (Å²) in [4.78, 5) is 21.5. The molecule has 1 aromatic heterocycles. The van der Waals surface area contributed by atoms with Gasteiger partial charge in [-0.25, -0.2) is 4.98 Å². The summed E-state index contributed by atoms with van der Waals surface area (Å²) in [5, 5.41) is 0. The SMILES string of the molecule is CCc1nccn1CCC(=O)N1CCC(C(C)N2CCOCC2)CC1. The number of hydrogen-bond acceptors (Lipinski definition) is 4. The Hall–Kier alpha value is -1.40. The molecule has 1 aromatic rings. The van der Waals surface area contributed by atoms with E-state index in [4.69, 9.17) is 4.74 Å². The van der Waals surface area contributed by atoms with E-state index in [-0.39, 0.29) is 5.91 Å². The molecule has 3 rings (SSSR count). The van der Waals surface area contributed by atoms with Crippen molar-refractivity contribution in [2.24, 2.45) is 5.92 Å². The lowest BCUT2D eigenvalue weighted by Crippen LogP contribution is -2.49. The molecule has 1 unspecified atom stereocenters. The normalized spacial score (nSPS) is 21.4. The third-order valence-electron chi connectivity index (χ3n) is 5.88. The number of aromatic nitrogens is 2. The van der Waals surface area contributed by atoms with Gasteiger partial charge in [-0.3, -0.25) is 9.69 Å². The fraction of sp³-hybridized carbons (Fsp3) is 0.789. The molecule has 2 aliphatic rings. The molecule has 2 fully saturated rings. The molecule has 0 saturated carbocycles. The van der Waals surface area contributed by atoms with Gasteiger partial charge in [0.1, 0.15) is 5.82 Å². The van der Waals surface area contributed by atoms with E-state index in [2.05, 4.69) is 33.2 Å². The van der Waals surface area contributed by atoms with Gasteiger partial charge in [-0.05, 0) is 25.7 Å². The second kappa shape index (κ2) is 8.81. The van der Waals surface area contributed by atoms with Gasteiger partial charge in [0.25, 0.3) is 0 Å². The molecule has 2 aliphatic heterocycles. The Kier molecular flexibility index (Phi) is 6.48. The fourth-order valence-electron chi connectivity index (χ4n) is 4.15. The van der Waals surface area contributed by atoms with Crippen molar-refractivity contribution in [2.75, 3.05) is 39.4 Å². The van der Waals surface area contributed by atoms with Gasteiger partial charge >= 0.3 is 0 Å². The van der Waals surface area contributed by atoms with Crippen LogP contribution in [0, 0.1) is 5.92 Å². The Morgan fingerprint density at radius 2 is 2.00 bits per heavy atom. The number of nitrogens with zero attached hydrogens (tertiary/aromatic N) is 4.